The highest BCUT2D eigenvalue weighted by Crippen LogP contribution is 2.58. The Bertz CT molecular complexity index is 1620. The van der Waals surface area contributed by atoms with E-state index in [0.717, 1.165) is 41.8 Å². The van der Waals surface area contributed by atoms with Crippen LogP contribution in [0.3, 0.4) is 0 Å². The van der Waals surface area contributed by atoms with Crippen molar-refractivity contribution in [2.24, 2.45) is 5.92 Å². The van der Waals surface area contributed by atoms with Crippen molar-refractivity contribution >= 4 is 22.6 Å². The lowest BCUT2D eigenvalue weighted by atomic mass is 9.94. The molecule has 3 heterocycles. The largest absolute Gasteiger partial charge is 0.462 e. The Morgan fingerprint density at radius 1 is 1.19 bits per heavy atom. The van der Waals surface area contributed by atoms with Crippen LogP contribution < -0.4 is 9.64 Å². The van der Waals surface area contributed by atoms with Crippen LogP contribution in [-0.4, -0.2) is 77.6 Å². The molecule has 9 heteroatoms. The van der Waals surface area contributed by atoms with E-state index in [0.29, 0.717) is 43.5 Å². The van der Waals surface area contributed by atoms with Crippen LogP contribution in [0.2, 0.25) is 0 Å². The van der Waals surface area contributed by atoms with E-state index in [1.807, 2.05) is 0 Å². The SMILES string of the molecule is C=C(F)C(=O)N1CCN(c2nc(OCC3CCCN3C)nc3cc(-c4cccc5c4C4CC4C5)ccc23)C[C@@H]1CC#N. The highest BCUT2D eigenvalue weighted by Gasteiger charge is 2.46. The minimum Gasteiger partial charge on any atom is -0.462 e. The van der Waals surface area contributed by atoms with Gasteiger partial charge in [-0.3, -0.25) is 4.79 Å². The van der Waals surface area contributed by atoms with Crippen molar-refractivity contribution in [3.05, 3.63) is 59.9 Å². The number of carbonyl (C=O) groups is 1. The fourth-order valence-corrected chi connectivity index (χ4v) is 7.27. The van der Waals surface area contributed by atoms with E-state index in [-0.39, 0.29) is 13.0 Å². The minimum atomic E-state index is -1.01. The van der Waals surface area contributed by atoms with Gasteiger partial charge in [-0.1, -0.05) is 30.8 Å². The molecule has 1 aromatic heterocycles. The maximum absolute atomic E-state index is 13.8. The third kappa shape index (κ3) is 4.78. The number of aromatic nitrogens is 2. The predicted octanol–water partition coefficient (Wildman–Crippen LogP) is 4.84. The van der Waals surface area contributed by atoms with Gasteiger partial charge in [0.15, 0.2) is 5.83 Å². The number of nitriles is 1. The molecule has 42 heavy (non-hydrogen) atoms. The Labute approximate surface area is 245 Å². The summed E-state index contributed by atoms with van der Waals surface area (Å²) in [5.41, 5.74) is 6.17. The van der Waals surface area contributed by atoms with Gasteiger partial charge in [0.25, 0.3) is 5.91 Å². The van der Waals surface area contributed by atoms with Gasteiger partial charge in [-0.15, -0.1) is 0 Å². The Balaban J connectivity index is 1.26. The number of hydrogen-bond donors (Lipinski definition) is 0. The molecule has 7 rings (SSSR count). The van der Waals surface area contributed by atoms with E-state index in [1.165, 1.54) is 34.4 Å². The van der Waals surface area contributed by atoms with Crippen molar-refractivity contribution in [1.82, 2.24) is 19.8 Å². The summed E-state index contributed by atoms with van der Waals surface area (Å²) in [5, 5.41) is 10.4. The number of benzene rings is 2. The second-order valence-corrected chi connectivity index (χ2v) is 12.2. The van der Waals surface area contributed by atoms with E-state index >= 15 is 0 Å². The van der Waals surface area contributed by atoms with Crippen molar-refractivity contribution in [3.63, 3.8) is 0 Å². The van der Waals surface area contributed by atoms with Gasteiger partial charge in [0.05, 0.1) is 24.0 Å². The molecular formula is C33H35FN6O2. The van der Waals surface area contributed by atoms with Crippen LogP contribution in [0.4, 0.5) is 10.2 Å². The molecule has 3 fully saturated rings. The van der Waals surface area contributed by atoms with Crippen molar-refractivity contribution < 1.29 is 13.9 Å². The number of hydrogen-bond acceptors (Lipinski definition) is 7. The lowest BCUT2D eigenvalue weighted by Crippen LogP contribution is -2.55. The van der Waals surface area contributed by atoms with Gasteiger partial charge in [0, 0.05) is 31.1 Å². The topological polar surface area (TPSA) is 85.6 Å². The molecule has 2 aromatic carbocycles. The Morgan fingerprint density at radius 2 is 2.07 bits per heavy atom. The zero-order chi connectivity index (χ0) is 29.0. The van der Waals surface area contributed by atoms with Crippen LogP contribution in [0.25, 0.3) is 22.0 Å². The molecule has 0 bridgehead atoms. The molecule has 216 valence electrons. The van der Waals surface area contributed by atoms with E-state index in [2.05, 4.69) is 65.9 Å². The maximum Gasteiger partial charge on any atom is 0.319 e. The van der Waals surface area contributed by atoms with Crippen LogP contribution in [-0.2, 0) is 11.2 Å². The van der Waals surface area contributed by atoms with Crippen molar-refractivity contribution in [1.29, 1.82) is 5.26 Å². The Kier molecular flexibility index (Phi) is 6.82. The molecule has 3 unspecified atom stereocenters. The monoisotopic (exact) mass is 566 g/mol. The average molecular weight is 567 g/mol. The van der Waals surface area contributed by atoms with Crippen LogP contribution in [0.1, 0.15) is 42.7 Å². The van der Waals surface area contributed by atoms with Crippen molar-refractivity contribution in [2.45, 2.75) is 50.1 Å². The van der Waals surface area contributed by atoms with Crippen LogP contribution in [0, 0.1) is 17.2 Å². The second kappa shape index (κ2) is 10.7. The quantitative estimate of drug-likeness (QED) is 0.378. The summed E-state index contributed by atoms with van der Waals surface area (Å²) < 4.78 is 20.0. The van der Waals surface area contributed by atoms with Gasteiger partial charge in [0.1, 0.15) is 12.4 Å². The van der Waals surface area contributed by atoms with Gasteiger partial charge >= 0.3 is 6.01 Å². The summed E-state index contributed by atoms with van der Waals surface area (Å²) in [6.45, 7) is 5.79. The fraction of sp³-hybridized carbons (Fsp3) is 0.455. The summed E-state index contributed by atoms with van der Waals surface area (Å²) in [6.07, 6.45) is 4.77. The molecule has 0 radical (unpaired) electrons. The number of likely N-dealkylation sites (tertiary alicyclic amines) is 1. The number of fused-ring (bicyclic) bond motifs is 4. The first-order valence-corrected chi connectivity index (χ1v) is 15.0. The van der Waals surface area contributed by atoms with Gasteiger partial charge in [0.2, 0.25) is 0 Å². The third-order valence-electron chi connectivity index (χ3n) is 9.62. The summed E-state index contributed by atoms with van der Waals surface area (Å²) in [6, 6.07) is 15.3. The minimum absolute atomic E-state index is 0.0847. The van der Waals surface area contributed by atoms with Crippen LogP contribution >= 0.6 is 0 Å². The molecule has 3 aromatic rings. The number of ether oxygens (including phenoxy) is 1. The summed E-state index contributed by atoms with van der Waals surface area (Å²) >= 11 is 0. The van der Waals surface area contributed by atoms with Crippen LogP contribution in [0.5, 0.6) is 6.01 Å². The van der Waals surface area contributed by atoms with Crippen molar-refractivity contribution in [2.75, 3.05) is 44.7 Å². The number of halogens is 1. The molecule has 1 saturated carbocycles. The van der Waals surface area contributed by atoms with E-state index in [1.54, 1.807) is 0 Å². The first kappa shape index (κ1) is 26.8. The molecular weight excluding hydrogens is 531 g/mol. The Hall–Kier alpha value is -4.03. The second-order valence-electron chi connectivity index (χ2n) is 12.2. The fourth-order valence-electron chi connectivity index (χ4n) is 7.27. The molecule has 4 aliphatic rings. The highest BCUT2D eigenvalue weighted by molar-refractivity contribution is 5.94. The standard InChI is InChI=1S/C33H35FN6O2/c1-20(34)32(41)40-14-13-39(18-24(40)10-11-35)31-27-9-8-21(26-7-3-5-22-15-23-16-28(23)30(22)26)17-29(27)36-33(37-31)42-19-25-6-4-12-38(25)2/h3,5,7-9,17,23-25,28H,1,4,6,10,12-16,18-19H2,2H3/t23?,24-,25?,28?/m0/s1. The summed E-state index contributed by atoms with van der Waals surface area (Å²) in [5.74, 6) is 0.405. The lowest BCUT2D eigenvalue weighted by Gasteiger charge is -2.41. The van der Waals surface area contributed by atoms with Crippen molar-refractivity contribution in [3.8, 4) is 23.2 Å². The number of carbonyl (C=O) groups excluding carboxylic acids is 1. The molecule has 2 aliphatic heterocycles. The predicted molar refractivity (Wildman–Crippen MR) is 159 cm³/mol. The molecule has 0 N–H and O–H groups in total. The van der Waals surface area contributed by atoms with Gasteiger partial charge in [-0.2, -0.15) is 15.2 Å². The number of anilines is 1. The summed E-state index contributed by atoms with van der Waals surface area (Å²) in [7, 11) is 2.12. The first-order valence-electron chi connectivity index (χ1n) is 15.0. The van der Waals surface area contributed by atoms with Crippen LogP contribution in [0.15, 0.2) is 48.8 Å². The zero-order valence-electron chi connectivity index (χ0n) is 23.9. The van der Waals surface area contributed by atoms with E-state index in [9.17, 15) is 14.4 Å². The molecule has 4 atom stereocenters. The smallest absolute Gasteiger partial charge is 0.319 e. The van der Waals surface area contributed by atoms with Gasteiger partial charge < -0.3 is 19.4 Å². The third-order valence-corrected chi connectivity index (χ3v) is 9.62. The van der Waals surface area contributed by atoms with E-state index < -0.39 is 17.8 Å². The van der Waals surface area contributed by atoms with E-state index in [4.69, 9.17) is 14.7 Å². The average Bonchev–Trinajstić information content (AvgIpc) is 3.47. The first-order chi connectivity index (χ1) is 20.4. The molecule has 8 nitrogen and oxygen atoms in total. The number of likely N-dealkylation sites (N-methyl/N-ethyl adjacent to an activating group) is 1. The number of rotatable bonds is 7. The molecule has 0 spiro atoms. The zero-order valence-corrected chi connectivity index (χ0v) is 23.9. The maximum atomic E-state index is 13.8. The normalized spacial score (nSPS) is 24.8. The Morgan fingerprint density at radius 3 is 2.86 bits per heavy atom. The summed E-state index contributed by atoms with van der Waals surface area (Å²) in [4.78, 5) is 28.1. The number of amides is 1. The lowest BCUT2D eigenvalue weighted by molar-refractivity contribution is -0.131. The highest BCUT2D eigenvalue weighted by atomic mass is 19.1. The van der Waals surface area contributed by atoms with Gasteiger partial charge in [-0.25, -0.2) is 4.39 Å². The molecule has 2 saturated heterocycles. The molecule has 1 amide bonds. The number of nitrogens with zero attached hydrogens (tertiary/aromatic N) is 6. The van der Waals surface area contributed by atoms with Gasteiger partial charge in [-0.05, 0) is 85.5 Å². The molecule has 2 aliphatic carbocycles. The number of piperazine rings is 1.